The maximum atomic E-state index is 12.1. The van der Waals surface area contributed by atoms with E-state index in [4.69, 9.17) is 5.11 Å². The molecule has 0 unspecified atom stereocenters. The molecule has 0 fully saturated rings. The van der Waals surface area contributed by atoms with Crippen LogP contribution in [0.3, 0.4) is 0 Å². The molecule has 19 heavy (non-hydrogen) atoms. The second-order valence-electron chi connectivity index (χ2n) is 4.37. The van der Waals surface area contributed by atoms with E-state index in [9.17, 15) is 9.59 Å². The smallest absolute Gasteiger partial charge is 0.303 e. The molecule has 98 valence electrons. The first-order valence-electron chi connectivity index (χ1n) is 6.05. The minimum Gasteiger partial charge on any atom is -0.481 e. The van der Waals surface area contributed by atoms with Crippen LogP contribution in [-0.2, 0) is 18.3 Å². The van der Waals surface area contributed by atoms with Gasteiger partial charge in [0.25, 0.3) is 5.56 Å². The molecule has 0 spiro atoms. The van der Waals surface area contributed by atoms with E-state index in [1.54, 1.807) is 17.7 Å². The Labute approximate surface area is 110 Å². The van der Waals surface area contributed by atoms with E-state index in [0.717, 1.165) is 11.3 Å². The zero-order valence-corrected chi connectivity index (χ0v) is 10.7. The fourth-order valence-corrected chi connectivity index (χ4v) is 2.02. The highest BCUT2D eigenvalue weighted by molar-refractivity contribution is 5.67. The number of hydrogen-bond acceptors (Lipinski definition) is 2. The zero-order valence-electron chi connectivity index (χ0n) is 10.7. The van der Waals surface area contributed by atoms with Crippen LogP contribution in [0.25, 0.3) is 11.3 Å². The van der Waals surface area contributed by atoms with Crippen molar-refractivity contribution >= 4 is 5.97 Å². The monoisotopic (exact) mass is 257 g/mol. The Balaban J connectivity index is 2.38. The van der Waals surface area contributed by atoms with Crippen LogP contribution in [0, 0.1) is 0 Å². The zero-order chi connectivity index (χ0) is 13.8. The molecule has 0 radical (unpaired) electrons. The summed E-state index contributed by atoms with van der Waals surface area (Å²) in [7, 11) is 1.70. The van der Waals surface area contributed by atoms with Gasteiger partial charge in [-0.1, -0.05) is 36.4 Å². The van der Waals surface area contributed by atoms with Gasteiger partial charge in [0.1, 0.15) is 0 Å². The third-order valence-corrected chi connectivity index (χ3v) is 3.06. The van der Waals surface area contributed by atoms with Crippen molar-refractivity contribution in [2.24, 2.45) is 7.05 Å². The molecule has 2 rings (SSSR count). The molecule has 1 N–H and O–H groups in total. The summed E-state index contributed by atoms with van der Waals surface area (Å²) in [6.07, 6.45) is 0.233. The molecule has 4 nitrogen and oxygen atoms in total. The summed E-state index contributed by atoms with van der Waals surface area (Å²) in [5.41, 5.74) is 2.18. The predicted molar refractivity (Wildman–Crippen MR) is 73.1 cm³/mol. The summed E-state index contributed by atoms with van der Waals surface area (Å²) in [6.45, 7) is 0. The topological polar surface area (TPSA) is 59.3 Å². The number of aryl methyl sites for hydroxylation is 1. The van der Waals surface area contributed by atoms with E-state index < -0.39 is 5.97 Å². The molecule has 0 saturated carbocycles. The lowest BCUT2D eigenvalue weighted by Crippen LogP contribution is -2.22. The average molecular weight is 257 g/mol. The summed E-state index contributed by atoms with van der Waals surface area (Å²) in [4.78, 5) is 22.7. The average Bonchev–Trinajstić information content (AvgIpc) is 2.41. The van der Waals surface area contributed by atoms with Crippen molar-refractivity contribution in [2.45, 2.75) is 12.8 Å². The van der Waals surface area contributed by atoms with Gasteiger partial charge < -0.3 is 9.67 Å². The van der Waals surface area contributed by atoms with Crippen LogP contribution in [-0.4, -0.2) is 15.6 Å². The minimum atomic E-state index is -0.894. The Morgan fingerprint density at radius 2 is 1.84 bits per heavy atom. The number of pyridine rings is 1. The van der Waals surface area contributed by atoms with Gasteiger partial charge in [0.05, 0.1) is 5.69 Å². The van der Waals surface area contributed by atoms with Gasteiger partial charge in [-0.2, -0.15) is 0 Å². The molecule has 1 aromatic carbocycles. The molecule has 0 aliphatic heterocycles. The number of benzene rings is 1. The van der Waals surface area contributed by atoms with Gasteiger partial charge in [0.15, 0.2) is 0 Å². The summed E-state index contributed by atoms with van der Waals surface area (Å²) < 4.78 is 1.56. The third-order valence-electron chi connectivity index (χ3n) is 3.06. The van der Waals surface area contributed by atoms with Gasteiger partial charge in [-0.3, -0.25) is 9.59 Å². The van der Waals surface area contributed by atoms with Gasteiger partial charge in [-0.05, 0) is 18.1 Å². The van der Waals surface area contributed by atoms with Gasteiger partial charge in [0.2, 0.25) is 0 Å². The number of carboxylic acid groups (broad SMARTS) is 1. The fourth-order valence-electron chi connectivity index (χ4n) is 2.02. The van der Waals surface area contributed by atoms with Gasteiger partial charge in [-0.25, -0.2) is 0 Å². The van der Waals surface area contributed by atoms with E-state index in [-0.39, 0.29) is 18.4 Å². The number of hydrogen-bond donors (Lipinski definition) is 1. The number of carbonyl (C=O) groups is 1. The fraction of sp³-hybridized carbons (Fsp3) is 0.200. The Hall–Kier alpha value is -2.36. The lowest BCUT2D eigenvalue weighted by atomic mass is 10.1. The van der Waals surface area contributed by atoms with Gasteiger partial charge >= 0.3 is 5.97 Å². The molecule has 2 aromatic rings. The molecule has 1 aromatic heterocycles. The van der Waals surface area contributed by atoms with E-state index in [1.165, 1.54) is 0 Å². The number of nitrogens with zero attached hydrogens (tertiary/aromatic N) is 1. The van der Waals surface area contributed by atoms with Gasteiger partial charge in [0, 0.05) is 19.0 Å². The second-order valence-corrected chi connectivity index (χ2v) is 4.37. The molecule has 0 bridgehead atoms. The Kier molecular flexibility index (Phi) is 3.80. The van der Waals surface area contributed by atoms with Crippen LogP contribution >= 0.6 is 0 Å². The molecular formula is C15H15NO3. The predicted octanol–water partition coefficient (Wildman–Crippen LogP) is 2.07. The Morgan fingerprint density at radius 3 is 2.47 bits per heavy atom. The van der Waals surface area contributed by atoms with Crippen LogP contribution in [0.4, 0.5) is 0 Å². The van der Waals surface area contributed by atoms with Crippen LogP contribution in [0.15, 0.2) is 47.3 Å². The molecule has 1 heterocycles. The molecule has 0 saturated heterocycles. The van der Waals surface area contributed by atoms with Gasteiger partial charge in [-0.15, -0.1) is 0 Å². The van der Waals surface area contributed by atoms with Crippen LogP contribution in [0.5, 0.6) is 0 Å². The van der Waals surface area contributed by atoms with Crippen molar-refractivity contribution in [1.82, 2.24) is 4.57 Å². The highest BCUT2D eigenvalue weighted by Crippen LogP contribution is 2.17. The minimum absolute atomic E-state index is 0.0279. The third kappa shape index (κ3) is 2.91. The molecule has 0 atom stereocenters. The van der Waals surface area contributed by atoms with E-state index in [0.29, 0.717) is 5.56 Å². The number of carboxylic acids is 1. The molecule has 4 heteroatoms. The van der Waals surface area contributed by atoms with Crippen molar-refractivity contribution in [3.8, 4) is 11.3 Å². The number of rotatable bonds is 4. The van der Waals surface area contributed by atoms with Crippen LogP contribution < -0.4 is 5.56 Å². The largest absolute Gasteiger partial charge is 0.481 e. The lowest BCUT2D eigenvalue weighted by molar-refractivity contribution is -0.136. The summed E-state index contributed by atoms with van der Waals surface area (Å²) in [6, 6.07) is 13.2. The summed E-state index contributed by atoms with van der Waals surface area (Å²) in [5, 5.41) is 8.66. The first kappa shape index (κ1) is 13.1. The first-order chi connectivity index (χ1) is 9.09. The van der Waals surface area contributed by atoms with Crippen molar-refractivity contribution in [3.63, 3.8) is 0 Å². The summed E-state index contributed by atoms with van der Waals surface area (Å²) >= 11 is 0. The van der Waals surface area contributed by atoms with E-state index >= 15 is 0 Å². The Bertz CT molecular complexity index is 644. The molecule has 0 aliphatic rings. The van der Waals surface area contributed by atoms with E-state index in [1.807, 2.05) is 36.4 Å². The van der Waals surface area contributed by atoms with Crippen molar-refractivity contribution in [2.75, 3.05) is 0 Å². The standard InChI is InChI=1S/C15H15NO3/c1-16-13(11-5-3-2-4-6-11)9-7-12(15(16)19)8-10-14(17)18/h2-7,9H,8,10H2,1H3,(H,17,18). The number of aliphatic carboxylic acids is 1. The maximum Gasteiger partial charge on any atom is 0.303 e. The quantitative estimate of drug-likeness (QED) is 0.912. The van der Waals surface area contributed by atoms with Crippen molar-refractivity contribution < 1.29 is 9.90 Å². The second kappa shape index (κ2) is 5.52. The van der Waals surface area contributed by atoms with Crippen molar-refractivity contribution in [3.05, 3.63) is 58.4 Å². The molecule has 0 aliphatic carbocycles. The van der Waals surface area contributed by atoms with Crippen LogP contribution in [0.2, 0.25) is 0 Å². The maximum absolute atomic E-state index is 12.1. The van der Waals surface area contributed by atoms with Crippen molar-refractivity contribution in [1.29, 1.82) is 0 Å². The SMILES string of the molecule is Cn1c(-c2ccccc2)ccc(CCC(=O)O)c1=O. The lowest BCUT2D eigenvalue weighted by Gasteiger charge is -2.10. The highest BCUT2D eigenvalue weighted by Gasteiger charge is 2.08. The summed E-state index contributed by atoms with van der Waals surface area (Å²) in [5.74, 6) is -0.894. The Morgan fingerprint density at radius 1 is 1.16 bits per heavy atom. The first-order valence-corrected chi connectivity index (χ1v) is 6.05. The molecule has 0 amide bonds. The molecular weight excluding hydrogens is 242 g/mol. The van der Waals surface area contributed by atoms with Crippen LogP contribution in [0.1, 0.15) is 12.0 Å². The highest BCUT2D eigenvalue weighted by atomic mass is 16.4. The van der Waals surface area contributed by atoms with E-state index in [2.05, 4.69) is 0 Å². The number of aromatic nitrogens is 1. The normalized spacial score (nSPS) is 10.4.